The third-order valence-corrected chi connectivity index (χ3v) is 3.45. The quantitative estimate of drug-likeness (QED) is 0.783. The van der Waals surface area contributed by atoms with E-state index in [1.54, 1.807) is 18.2 Å². The van der Waals surface area contributed by atoms with Crippen LogP contribution in [0.2, 0.25) is 5.02 Å². The van der Waals surface area contributed by atoms with Crippen LogP contribution in [-0.4, -0.2) is 12.4 Å². The van der Waals surface area contributed by atoms with Crippen LogP contribution in [0.15, 0.2) is 36.4 Å². The van der Waals surface area contributed by atoms with Crippen molar-refractivity contribution in [3.05, 3.63) is 63.9 Å². The number of halogens is 2. The minimum absolute atomic E-state index is 0.0311. The minimum atomic E-state index is -0.690. The number of rotatable bonds is 2. The van der Waals surface area contributed by atoms with Crippen LogP contribution < -0.4 is 4.74 Å². The number of hydrogen-bond acceptors (Lipinski definition) is 2. The number of carbonyl (C=O) groups is 1. The average molecular weight is 277 g/mol. The molecular weight excluding hydrogens is 267 g/mol. The molecule has 1 aliphatic heterocycles. The predicted octanol–water partition coefficient (Wildman–Crippen LogP) is 3.65. The van der Waals surface area contributed by atoms with Gasteiger partial charge in [0.25, 0.3) is 0 Å². The first-order chi connectivity index (χ1) is 9.18. The third-order valence-electron chi connectivity index (χ3n) is 3.16. The first-order valence-corrected chi connectivity index (χ1v) is 6.29. The molecule has 0 atom stereocenters. The second kappa shape index (κ2) is 4.67. The summed E-state index contributed by atoms with van der Waals surface area (Å²) in [6.07, 6.45) is 0.772. The summed E-state index contributed by atoms with van der Waals surface area (Å²) in [5, 5.41) is -0.0562. The Hall–Kier alpha value is -1.87. The van der Waals surface area contributed by atoms with Crippen LogP contribution in [0.1, 0.15) is 21.5 Å². The van der Waals surface area contributed by atoms with Crippen molar-refractivity contribution >= 4 is 17.4 Å². The second-order valence-corrected chi connectivity index (χ2v) is 4.73. The van der Waals surface area contributed by atoms with Gasteiger partial charge < -0.3 is 4.74 Å². The van der Waals surface area contributed by atoms with Gasteiger partial charge in [-0.3, -0.25) is 4.79 Å². The molecule has 0 aliphatic carbocycles. The summed E-state index contributed by atoms with van der Waals surface area (Å²) in [5.74, 6) is -0.532. The molecule has 2 aromatic carbocycles. The lowest BCUT2D eigenvalue weighted by Gasteiger charge is -2.08. The van der Waals surface area contributed by atoms with E-state index in [9.17, 15) is 9.18 Å². The standard InChI is InChI=1S/C15H10ClFO2/c16-12-6-2-4-10(13(12)17)14(18)11-5-1-3-9-7-8-19-15(9)11/h1-6H,7-8H2. The maximum absolute atomic E-state index is 13.9. The van der Waals surface area contributed by atoms with Gasteiger partial charge in [-0.05, 0) is 23.8 Å². The van der Waals surface area contributed by atoms with Gasteiger partial charge in [0.05, 0.1) is 22.8 Å². The van der Waals surface area contributed by atoms with Crippen molar-refractivity contribution in [3.8, 4) is 5.75 Å². The van der Waals surface area contributed by atoms with Crippen molar-refractivity contribution < 1.29 is 13.9 Å². The lowest BCUT2D eigenvalue weighted by atomic mass is 9.99. The maximum atomic E-state index is 13.9. The Morgan fingerprint density at radius 3 is 2.74 bits per heavy atom. The molecule has 2 nitrogen and oxygen atoms in total. The van der Waals surface area contributed by atoms with Crippen LogP contribution in [0, 0.1) is 5.82 Å². The van der Waals surface area contributed by atoms with Crippen molar-refractivity contribution in [2.45, 2.75) is 6.42 Å². The predicted molar refractivity (Wildman–Crippen MR) is 70.5 cm³/mol. The Morgan fingerprint density at radius 2 is 1.89 bits per heavy atom. The van der Waals surface area contributed by atoms with E-state index in [1.807, 2.05) is 6.07 Å². The third kappa shape index (κ3) is 2.00. The van der Waals surface area contributed by atoms with Crippen molar-refractivity contribution in [2.75, 3.05) is 6.61 Å². The van der Waals surface area contributed by atoms with E-state index < -0.39 is 11.6 Å². The average Bonchev–Trinajstić information content (AvgIpc) is 2.89. The molecule has 0 aromatic heterocycles. The topological polar surface area (TPSA) is 26.3 Å². The molecule has 0 bridgehead atoms. The van der Waals surface area contributed by atoms with Gasteiger partial charge in [-0.1, -0.05) is 29.8 Å². The highest BCUT2D eigenvalue weighted by Crippen LogP contribution is 2.32. The Kier molecular flexibility index (Phi) is 2.99. The van der Waals surface area contributed by atoms with E-state index in [2.05, 4.69) is 0 Å². The maximum Gasteiger partial charge on any atom is 0.199 e. The molecule has 1 heterocycles. The molecule has 19 heavy (non-hydrogen) atoms. The fourth-order valence-corrected chi connectivity index (χ4v) is 2.39. The van der Waals surface area contributed by atoms with E-state index in [1.165, 1.54) is 12.1 Å². The highest BCUT2D eigenvalue weighted by atomic mass is 35.5. The molecule has 4 heteroatoms. The molecule has 3 rings (SSSR count). The van der Waals surface area contributed by atoms with Crippen LogP contribution in [0.25, 0.3) is 0 Å². The van der Waals surface area contributed by atoms with Gasteiger partial charge in [0.15, 0.2) is 11.6 Å². The van der Waals surface area contributed by atoms with E-state index >= 15 is 0 Å². The first-order valence-electron chi connectivity index (χ1n) is 5.92. The molecule has 0 N–H and O–H groups in total. The van der Waals surface area contributed by atoms with Gasteiger partial charge in [0.2, 0.25) is 0 Å². The smallest absolute Gasteiger partial charge is 0.199 e. The number of carbonyl (C=O) groups excluding carboxylic acids is 1. The summed E-state index contributed by atoms with van der Waals surface area (Å²) in [5.41, 5.74) is 1.33. The number of benzene rings is 2. The van der Waals surface area contributed by atoms with E-state index in [4.69, 9.17) is 16.3 Å². The Morgan fingerprint density at radius 1 is 1.16 bits per heavy atom. The lowest BCUT2D eigenvalue weighted by Crippen LogP contribution is -2.06. The lowest BCUT2D eigenvalue weighted by molar-refractivity contribution is 0.103. The monoisotopic (exact) mass is 276 g/mol. The molecule has 0 amide bonds. The highest BCUT2D eigenvalue weighted by Gasteiger charge is 2.23. The number of ether oxygens (including phenoxy) is 1. The zero-order chi connectivity index (χ0) is 13.4. The van der Waals surface area contributed by atoms with Gasteiger partial charge in [-0.2, -0.15) is 0 Å². The summed E-state index contributed by atoms with van der Waals surface area (Å²) in [4.78, 5) is 12.4. The van der Waals surface area contributed by atoms with E-state index in [0.717, 1.165) is 12.0 Å². The number of fused-ring (bicyclic) bond motifs is 1. The molecular formula is C15H10ClFO2. The first kappa shape index (κ1) is 12.2. The summed E-state index contributed by atoms with van der Waals surface area (Å²) in [7, 11) is 0. The number of para-hydroxylation sites is 1. The van der Waals surface area contributed by atoms with Crippen LogP contribution in [0.5, 0.6) is 5.75 Å². The van der Waals surface area contributed by atoms with Gasteiger partial charge in [-0.15, -0.1) is 0 Å². The molecule has 0 fully saturated rings. The molecule has 1 aliphatic rings. The SMILES string of the molecule is O=C(c1cccc(Cl)c1F)c1cccc2c1OCC2. The van der Waals surface area contributed by atoms with Gasteiger partial charge >= 0.3 is 0 Å². The van der Waals surface area contributed by atoms with E-state index in [0.29, 0.717) is 17.9 Å². The van der Waals surface area contributed by atoms with Gasteiger partial charge in [0.1, 0.15) is 5.75 Å². The Bertz CT molecular complexity index is 667. The highest BCUT2D eigenvalue weighted by molar-refractivity contribution is 6.31. The van der Waals surface area contributed by atoms with Gasteiger partial charge in [-0.25, -0.2) is 4.39 Å². The summed E-state index contributed by atoms with van der Waals surface area (Å²) in [6.45, 7) is 0.553. The van der Waals surface area contributed by atoms with Crippen LogP contribution >= 0.6 is 11.6 Å². The Labute approximate surface area is 114 Å². The Balaban J connectivity index is 2.11. The van der Waals surface area contributed by atoms with E-state index in [-0.39, 0.29) is 10.6 Å². The van der Waals surface area contributed by atoms with Crippen LogP contribution in [0.4, 0.5) is 4.39 Å². The fraction of sp³-hybridized carbons (Fsp3) is 0.133. The normalized spacial score (nSPS) is 12.9. The molecule has 0 saturated carbocycles. The molecule has 0 saturated heterocycles. The van der Waals surface area contributed by atoms with Crippen molar-refractivity contribution in [3.63, 3.8) is 0 Å². The molecule has 0 radical (unpaired) electrons. The second-order valence-electron chi connectivity index (χ2n) is 4.32. The van der Waals surface area contributed by atoms with Gasteiger partial charge in [0, 0.05) is 6.42 Å². The van der Waals surface area contributed by atoms with Crippen LogP contribution in [-0.2, 0) is 6.42 Å². The zero-order valence-corrected chi connectivity index (χ0v) is 10.7. The molecule has 96 valence electrons. The van der Waals surface area contributed by atoms with Crippen molar-refractivity contribution in [2.24, 2.45) is 0 Å². The van der Waals surface area contributed by atoms with Crippen molar-refractivity contribution in [1.82, 2.24) is 0 Å². The number of ketones is 1. The van der Waals surface area contributed by atoms with Crippen LogP contribution in [0.3, 0.4) is 0 Å². The molecule has 0 unspecified atom stereocenters. The molecule has 2 aromatic rings. The summed E-state index contributed by atoms with van der Waals surface area (Å²) < 4.78 is 19.4. The number of hydrogen-bond donors (Lipinski definition) is 0. The summed E-state index contributed by atoms with van der Waals surface area (Å²) in [6, 6.07) is 9.74. The zero-order valence-electron chi connectivity index (χ0n) is 9.95. The largest absolute Gasteiger partial charge is 0.492 e. The minimum Gasteiger partial charge on any atom is -0.492 e. The fourth-order valence-electron chi connectivity index (χ4n) is 2.22. The van der Waals surface area contributed by atoms with Crippen molar-refractivity contribution in [1.29, 1.82) is 0 Å². The summed E-state index contributed by atoms with van der Waals surface area (Å²) >= 11 is 5.70. The molecule has 0 spiro atoms.